The van der Waals surface area contributed by atoms with Crippen LogP contribution in [0.2, 0.25) is 5.02 Å². The summed E-state index contributed by atoms with van der Waals surface area (Å²) in [6.45, 7) is 4.61. The molecule has 0 aliphatic carbocycles. The molecule has 1 amide bonds. The first-order valence-corrected chi connectivity index (χ1v) is 9.69. The fraction of sp³-hybridized carbons (Fsp3) is 0.421. The number of carbonyl (C=O) groups is 1. The molecule has 0 radical (unpaired) electrons. The quantitative estimate of drug-likeness (QED) is 0.788. The van der Waals surface area contributed by atoms with Gasteiger partial charge in [0.25, 0.3) is 0 Å². The SMILES string of the molecule is C[C@@H](c1cccs1)N(C)C(=O)CN1CCO[C@@H](c2ccc(Cl)cc2)C1. The average molecular weight is 379 g/mol. The number of morpholine rings is 1. The Kier molecular flexibility index (Phi) is 6.12. The molecule has 134 valence electrons. The summed E-state index contributed by atoms with van der Waals surface area (Å²) in [6.07, 6.45) is -0.0150. The lowest BCUT2D eigenvalue weighted by atomic mass is 10.1. The van der Waals surface area contributed by atoms with Crippen LogP contribution in [0.25, 0.3) is 0 Å². The van der Waals surface area contributed by atoms with Gasteiger partial charge in [-0.1, -0.05) is 29.8 Å². The molecule has 1 aromatic heterocycles. The van der Waals surface area contributed by atoms with Crippen molar-refractivity contribution in [3.05, 3.63) is 57.2 Å². The minimum Gasteiger partial charge on any atom is -0.371 e. The van der Waals surface area contributed by atoms with E-state index in [1.807, 2.05) is 47.7 Å². The molecular formula is C19H23ClN2O2S. The van der Waals surface area contributed by atoms with Crippen molar-refractivity contribution in [1.82, 2.24) is 9.80 Å². The second-order valence-corrected chi connectivity index (χ2v) is 7.76. The third-order valence-electron chi connectivity index (χ3n) is 4.68. The van der Waals surface area contributed by atoms with E-state index >= 15 is 0 Å². The molecule has 6 heteroatoms. The maximum atomic E-state index is 12.7. The van der Waals surface area contributed by atoms with Crippen molar-refractivity contribution in [3.8, 4) is 0 Å². The second-order valence-electron chi connectivity index (χ2n) is 6.34. The van der Waals surface area contributed by atoms with Crippen LogP contribution >= 0.6 is 22.9 Å². The Morgan fingerprint density at radius 2 is 2.16 bits per heavy atom. The summed E-state index contributed by atoms with van der Waals surface area (Å²) in [5.41, 5.74) is 1.10. The summed E-state index contributed by atoms with van der Waals surface area (Å²) in [5.74, 6) is 0.137. The standard InChI is InChI=1S/C19H23ClN2O2S/c1-14(18-4-3-11-25-18)21(2)19(23)13-22-9-10-24-17(12-22)15-5-7-16(20)8-6-15/h3-8,11,14,17H,9-10,12-13H2,1-2H3/t14-,17+/m0/s1. The number of hydrogen-bond acceptors (Lipinski definition) is 4. The monoisotopic (exact) mass is 378 g/mol. The van der Waals surface area contributed by atoms with E-state index in [1.165, 1.54) is 4.88 Å². The van der Waals surface area contributed by atoms with Gasteiger partial charge < -0.3 is 9.64 Å². The molecule has 1 fully saturated rings. The summed E-state index contributed by atoms with van der Waals surface area (Å²) < 4.78 is 5.87. The van der Waals surface area contributed by atoms with Gasteiger partial charge in [-0.15, -0.1) is 11.3 Å². The highest BCUT2D eigenvalue weighted by Crippen LogP contribution is 2.25. The van der Waals surface area contributed by atoms with E-state index in [0.29, 0.717) is 19.7 Å². The van der Waals surface area contributed by atoms with Crippen LogP contribution in [-0.4, -0.2) is 49.0 Å². The molecule has 1 saturated heterocycles. The number of benzene rings is 1. The van der Waals surface area contributed by atoms with Crippen molar-refractivity contribution in [2.75, 3.05) is 33.3 Å². The van der Waals surface area contributed by atoms with Gasteiger partial charge in [-0.3, -0.25) is 9.69 Å². The molecule has 4 nitrogen and oxygen atoms in total. The Labute approximate surface area is 158 Å². The number of hydrogen-bond donors (Lipinski definition) is 0. The van der Waals surface area contributed by atoms with Crippen molar-refractivity contribution in [2.24, 2.45) is 0 Å². The Morgan fingerprint density at radius 1 is 1.40 bits per heavy atom. The lowest BCUT2D eigenvalue weighted by Crippen LogP contribution is -2.45. The average Bonchev–Trinajstić information content (AvgIpc) is 3.16. The van der Waals surface area contributed by atoms with E-state index in [4.69, 9.17) is 16.3 Å². The van der Waals surface area contributed by atoms with E-state index in [0.717, 1.165) is 17.1 Å². The number of rotatable bonds is 5. The van der Waals surface area contributed by atoms with Crippen LogP contribution < -0.4 is 0 Å². The molecule has 0 N–H and O–H groups in total. The number of likely N-dealkylation sites (N-methyl/N-ethyl adjacent to an activating group) is 1. The Bertz CT molecular complexity index is 690. The van der Waals surface area contributed by atoms with Gasteiger partial charge in [-0.2, -0.15) is 0 Å². The molecule has 3 rings (SSSR count). The van der Waals surface area contributed by atoms with Gasteiger partial charge in [-0.05, 0) is 36.1 Å². The van der Waals surface area contributed by atoms with Crippen LogP contribution in [-0.2, 0) is 9.53 Å². The topological polar surface area (TPSA) is 32.8 Å². The lowest BCUT2D eigenvalue weighted by molar-refractivity contribution is -0.135. The summed E-state index contributed by atoms with van der Waals surface area (Å²) in [7, 11) is 1.88. The second kappa shape index (κ2) is 8.32. The van der Waals surface area contributed by atoms with Gasteiger partial charge in [0.05, 0.1) is 25.3 Å². The molecule has 25 heavy (non-hydrogen) atoms. The molecular weight excluding hydrogens is 356 g/mol. The molecule has 1 aromatic carbocycles. The lowest BCUT2D eigenvalue weighted by Gasteiger charge is -2.34. The van der Waals surface area contributed by atoms with E-state index in [1.54, 1.807) is 11.3 Å². The fourth-order valence-electron chi connectivity index (χ4n) is 2.96. The van der Waals surface area contributed by atoms with Crippen molar-refractivity contribution >= 4 is 28.8 Å². The van der Waals surface area contributed by atoms with E-state index in [2.05, 4.69) is 17.9 Å². The normalized spacial score (nSPS) is 19.6. The Hall–Kier alpha value is -1.40. The Balaban J connectivity index is 1.58. The van der Waals surface area contributed by atoms with Crippen LogP contribution in [0, 0.1) is 0 Å². The molecule has 2 heterocycles. The predicted molar refractivity (Wildman–Crippen MR) is 102 cm³/mol. The number of halogens is 1. The van der Waals surface area contributed by atoms with Crippen LogP contribution in [0.4, 0.5) is 0 Å². The zero-order valence-electron chi connectivity index (χ0n) is 14.5. The molecule has 0 saturated carbocycles. The Morgan fingerprint density at radius 3 is 2.84 bits per heavy atom. The minimum atomic E-state index is -0.0150. The third-order valence-corrected chi connectivity index (χ3v) is 5.98. The van der Waals surface area contributed by atoms with Crippen LogP contribution in [0.5, 0.6) is 0 Å². The number of amides is 1. The van der Waals surface area contributed by atoms with E-state index in [-0.39, 0.29) is 18.1 Å². The first-order valence-electron chi connectivity index (χ1n) is 8.43. The number of nitrogens with zero attached hydrogens (tertiary/aromatic N) is 2. The zero-order valence-corrected chi connectivity index (χ0v) is 16.1. The van der Waals surface area contributed by atoms with Gasteiger partial charge in [0.1, 0.15) is 0 Å². The van der Waals surface area contributed by atoms with Crippen molar-refractivity contribution in [1.29, 1.82) is 0 Å². The largest absolute Gasteiger partial charge is 0.371 e. The molecule has 2 atom stereocenters. The number of thiophene rings is 1. The highest BCUT2D eigenvalue weighted by atomic mass is 35.5. The van der Waals surface area contributed by atoms with Crippen molar-refractivity contribution in [3.63, 3.8) is 0 Å². The summed E-state index contributed by atoms with van der Waals surface area (Å²) in [4.78, 5) is 17.9. The maximum Gasteiger partial charge on any atom is 0.237 e. The molecule has 0 spiro atoms. The van der Waals surface area contributed by atoms with Gasteiger partial charge in [0.15, 0.2) is 0 Å². The van der Waals surface area contributed by atoms with Gasteiger partial charge in [0, 0.05) is 30.0 Å². The fourth-order valence-corrected chi connectivity index (χ4v) is 3.92. The van der Waals surface area contributed by atoms with E-state index in [9.17, 15) is 4.79 Å². The van der Waals surface area contributed by atoms with Crippen LogP contribution in [0.3, 0.4) is 0 Å². The smallest absolute Gasteiger partial charge is 0.237 e. The van der Waals surface area contributed by atoms with Crippen molar-refractivity contribution in [2.45, 2.75) is 19.1 Å². The van der Waals surface area contributed by atoms with Crippen LogP contribution in [0.15, 0.2) is 41.8 Å². The van der Waals surface area contributed by atoms with Gasteiger partial charge in [-0.25, -0.2) is 0 Å². The van der Waals surface area contributed by atoms with Crippen LogP contribution in [0.1, 0.15) is 29.5 Å². The predicted octanol–water partition coefficient (Wildman–Crippen LogP) is 3.99. The van der Waals surface area contributed by atoms with Gasteiger partial charge >= 0.3 is 0 Å². The molecule has 0 bridgehead atoms. The molecule has 1 aliphatic rings. The highest BCUT2D eigenvalue weighted by molar-refractivity contribution is 7.10. The zero-order chi connectivity index (χ0) is 17.8. The minimum absolute atomic E-state index is 0.0150. The first kappa shape index (κ1) is 18.4. The molecule has 1 aliphatic heterocycles. The number of carbonyl (C=O) groups excluding carboxylic acids is 1. The summed E-state index contributed by atoms with van der Waals surface area (Å²) in [5, 5.41) is 2.76. The van der Waals surface area contributed by atoms with Crippen molar-refractivity contribution < 1.29 is 9.53 Å². The highest BCUT2D eigenvalue weighted by Gasteiger charge is 2.26. The van der Waals surface area contributed by atoms with Gasteiger partial charge in [0.2, 0.25) is 5.91 Å². The molecule has 2 aromatic rings. The van der Waals surface area contributed by atoms with E-state index < -0.39 is 0 Å². The molecule has 0 unspecified atom stereocenters. The summed E-state index contributed by atoms with van der Waals surface area (Å²) in [6, 6.07) is 11.9. The maximum absolute atomic E-state index is 12.7. The number of ether oxygens (including phenoxy) is 1. The first-order chi connectivity index (χ1) is 12.0. The third kappa shape index (κ3) is 4.61. The summed E-state index contributed by atoms with van der Waals surface area (Å²) >= 11 is 7.64.